The Balaban J connectivity index is 2.16. The molecule has 0 spiro atoms. The number of carbonyl (C=O) groups is 1. The smallest absolute Gasteiger partial charge is 0.191 e. The topological polar surface area (TPSA) is 65.0 Å². The van der Waals surface area contributed by atoms with Gasteiger partial charge in [0.2, 0.25) is 0 Å². The van der Waals surface area contributed by atoms with E-state index in [4.69, 9.17) is 13.9 Å². The quantitative estimate of drug-likeness (QED) is 0.519. The second-order valence-corrected chi connectivity index (χ2v) is 12.3. The molecule has 130 valence electrons. The van der Waals surface area contributed by atoms with E-state index in [0.717, 1.165) is 0 Å². The predicted molar refractivity (Wildman–Crippen MR) is 88.3 cm³/mol. The Morgan fingerprint density at radius 1 is 1.32 bits per heavy atom. The minimum absolute atomic E-state index is 0.133. The molecule has 1 saturated heterocycles. The number of aliphatic hydroxyl groups is 1. The fraction of sp³-hybridized carbons (Fsp3) is 0.938. The Kier molecular flexibility index (Phi) is 7.68. The highest BCUT2D eigenvalue weighted by atomic mass is 28.4. The van der Waals surface area contributed by atoms with E-state index >= 15 is 0 Å². The number of hydrogen-bond acceptors (Lipinski definition) is 5. The van der Waals surface area contributed by atoms with Crippen LogP contribution in [0.5, 0.6) is 0 Å². The molecular formula is C16H32O5Si. The molecule has 0 amide bonds. The SMILES string of the molecule is CC(C)(C)[Si](C)(C)OCCCC(O)C(=O)CCC1OCCO1. The van der Waals surface area contributed by atoms with E-state index in [1.54, 1.807) is 0 Å². The first-order valence-electron chi connectivity index (χ1n) is 8.21. The highest BCUT2D eigenvalue weighted by Gasteiger charge is 2.36. The molecule has 1 unspecified atom stereocenters. The third-order valence-electron chi connectivity index (χ3n) is 4.58. The van der Waals surface area contributed by atoms with Gasteiger partial charge in [-0.05, 0) is 31.0 Å². The Hall–Kier alpha value is -0.273. The van der Waals surface area contributed by atoms with Crippen LogP contribution >= 0.6 is 0 Å². The zero-order valence-electron chi connectivity index (χ0n) is 14.7. The summed E-state index contributed by atoms with van der Waals surface area (Å²) in [5.74, 6) is -0.133. The molecule has 1 rings (SSSR count). The number of carbonyl (C=O) groups excluding carboxylic acids is 1. The van der Waals surface area contributed by atoms with Crippen molar-refractivity contribution < 1.29 is 23.8 Å². The molecule has 1 aliphatic heterocycles. The molecule has 0 aliphatic carbocycles. The van der Waals surface area contributed by atoms with E-state index < -0.39 is 14.4 Å². The van der Waals surface area contributed by atoms with Crippen LogP contribution in [0.3, 0.4) is 0 Å². The minimum atomic E-state index is -1.74. The number of ether oxygens (including phenoxy) is 2. The van der Waals surface area contributed by atoms with Crippen LogP contribution in [-0.2, 0) is 18.7 Å². The van der Waals surface area contributed by atoms with Gasteiger partial charge in [0, 0.05) is 19.4 Å². The summed E-state index contributed by atoms with van der Waals surface area (Å²) in [6, 6.07) is 0. The van der Waals surface area contributed by atoms with Gasteiger partial charge in [0.15, 0.2) is 20.4 Å². The van der Waals surface area contributed by atoms with Gasteiger partial charge in [-0.1, -0.05) is 20.8 Å². The van der Waals surface area contributed by atoms with Gasteiger partial charge in [-0.25, -0.2) is 0 Å². The lowest BCUT2D eigenvalue weighted by molar-refractivity contribution is -0.129. The highest BCUT2D eigenvalue weighted by Crippen LogP contribution is 2.36. The van der Waals surface area contributed by atoms with Crippen molar-refractivity contribution in [3.8, 4) is 0 Å². The summed E-state index contributed by atoms with van der Waals surface area (Å²) >= 11 is 0. The molecule has 1 atom stereocenters. The monoisotopic (exact) mass is 332 g/mol. The number of Topliss-reactive ketones (excluding diaryl/α,β-unsaturated/α-hetero) is 1. The minimum Gasteiger partial charge on any atom is -0.417 e. The third-order valence-corrected chi connectivity index (χ3v) is 9.12. The van der Waals surface area contributed by atoms with E-state index in [9.17, 15) is 9.90 Å². The Bertz CT molecular complexity index is 345. The zero-order chi connectivity index (χ0) is 16.8. The lowest BCUT2D eigenvalue weighted by Gasteiger charge is -2.36. The summed E-state index contributed by atoms with van der Waals surface area (Å²) in [6.07, 6.45) is 0.809. The summed E-state index contributed by atoms with van der Waals surface area (Å²) in [5.41, 5.74) is 0. The molecule has 0 aromatic rings. The van der Waals surface area contributed by atoms with Crippen molar-refractivity contribution in [3.05, 3.63) is 0 Å². The van der Waals surface area contributed by atoms with Crippen LogP contribution in [0.2, 0.25) is 18.1 Å². The molecule has 0 bridgehead atoms. The maximum atomic E-state index is 11.9. The zero-order valence-corrected chi connectivity index (χ0v) is 15.7. The van der Waals surface area contributed by atoms with Gasteiger partial charge in [0.1, 0.15) is 6.10 Å². The van der Waals surface area contributed by atoms with E-state index in [2.05, 4.69) is 33.9 Å². The maximum Gasteiger partial charge on any atom is 0.191 e. The van der Waals surface area contributed by atoms with Crippen LogP contribution in [-0.4, -0.2) is 51.4 Å². The maximum absolute atomic E-state index is 11.9. The molecular weight excluding hydrogens is 300 g/mol. The van der Waals surface area contributed by atoms with Crippen molar-refractivity contribution >= 4 is 14.1 Å². The van der Waals surface area contributed by atoms with E-state index in [1.807, 2.05) is 0 Å². The van der Waals surface area contributed by atoms with Gasteiger partial charge in [-0.15, -0.1) is 0 Å². The molecule has 0 radical (unpaired) electrons. The van der Waals surface area contributed by atoms with Crippen LogP contribution in [0.1, 0.15) is 46.5 Å². The third kappa shape index (κ3) is 6.46. The first-order valence-corrected chi connectivity index (χ1v) is 11.1. The van der Waals surface area contributed by atoms with Gasteiger partial charge < -0.3 is 19.0 Å². The number of rotatable bonds is 9. The second kappa shape index (κ2) is 8.54. The number of aliphatic hydroxyl groups excluding tert-OH is 1. The summed E-state index contributed by atoms with van der Waals surface area (Å²) in [6.45, 7) is 12.8. The number of hydrogen-bond donors (Lipinski definition) is 1. The normalized spacial score (nSPS) is 18.6. The van der Waals surface area contributed by atoms with Gasteiger partial charge >= 0.3 is 0 Å². The second-order valence-electron chi connectivity index (χ2n) is 7.44. The predicted octanol–water partition coefficient (Wildman–Crippen LogP) is 2.87. The molecule has 1 heterocycles. The molecule has 1 fully saturated rings. The first-order chi connectivity index (χ1) is 10.1. The summed E-state index contributed by atoms with van der Waals surface area (Å²) < 4.78 is 16.6. The van der Waals surface area contributed by atoms with Crippen LogP contribution in [0.25, 0.3) is 0 Å². The Labute approximate surface area is 135 Å². The first kappa shape index (κ1) is 19.8. The number of ketones is 1. The lowest BCUT2D eigenvalue weighted by atomic mass is 10.1. The van der Waals surface area contributed by atoms with Crippen molar-refractivity contribution in [1.82, 2.24) is 0 Å². The summed E-state index contributed by atoms with van der Waals surface area (Å²) in [4.78, 5) is 11.9. The average Bonchev–Trinajstić information content (AvgIpc) is 2.92. The van der Waals surface area contributed by atoms with E-state index in [0.29, 0.717) is 45.5 Å². The van der Waals surface area contributed by atoms with Crippen LogP contribution in [0.4, 0.5) is 0 Å². The van der Waals surface area contributed by atoms with Crippen LogP contribution in [0.15, 0.2) is 0 Å². The van der Waals surface area contributed by atoms with Gasteiger partial charge in [0.05, 0.1) is 13.2 Å². The molecule has 6 heteroatoms. The molecule has 0 aromatic carbocycles. The standard InChI is InChI=1S/C16H32O5Si/c1-16(2,3)22(4,5)21-10-6-7-13(17)14(18)8-9-15-19-11-12-20-15/h13,15,17H,6-12H2,1-5H3. The molecule has 22 heavy (non-hydrogen) atoms. The van der Waals surface area contributed by atoms with Crippen molar-refractivity contribution in [2.45, 2.75) is 77.0 Å². The van der Waals surface area contributed by atoms with Crippen LogP contribution in [0, 0.1) is 0 Å². The average molecular weight is 333 g/mol. The fourth-order valence-electron chi connectivity index (χ4n) is 1.98. The van der Waals surface area contributed by atoms with Crippen molar-refractivity contribution in [2.75, 3.05) is 19.8 Å². The molecule has 1 aliphatic rings. The Morgan fingerprint density at radius 2 is 1.91 bits per heavy atom. The summed E-state index contributed by atoms with van der Waals surface area (Å²) in [7, 11) is -1.74. The summed E-state index contributed by atoms with van der Waals surface area (Å²) in [5, 5.41) is 10.1. The van der Waals surface area contributed by atoms with Gasteiger partial charge in [0.25, 0.3) is 0 Å². The van der Waals surface area contributed by atoms with Crippen molar-refractivity contribution in [3.63, 3.8) is 0 Å². The molecule has 1 N–H and O–H groups in total. The largest absolute Gasteiger partial charge is 0.417 e. The van der Waals surface area contributed by atoms with Gasteiger partial charge in [-0.2, -0.15) is 0 Å². The fourth-order valence-corrected chi connectivity index (χ4v) is 3.07. The highest BCUT2D eigenvalue weighted by molar-refractivity contribution is 6.74. The lowest BCUT2D eigenvalue weighted by Crippen LogP contribution is -2.41. The molecule has 0 saturated carbocycles. The molecule has 0 aromatic heterocycles. The van der Waals surface area contributed by atoms with Gasteiger partial charge in [-0.3, -0.25) is 4.79 Å². The van der Waals surface area contributed by atoms with Crippen LogP contribution < -0.4 is 0 Å². The molecule has 5 nitrogen and oxygen atoms in total. The van der Waals surface area contributed by atoms with E-state index in [1.165, 1.54) is 0 Å². The Morgan fingerprint density at radius 3 is 2.45 bits per heavy atom. The van der Waals surface area contributed by atoms with Crippen molar-refractivity contribution in [2.24, 2.45) is 0 Å². The van der Waals surface area contributed by atoms with E-state index in [-0.39, 0.29) is 17.1 Å². The van der Waals surface area contributed by atoms with Crippen molar-refractivity contribution in [1.29, 1.82) is 0 Å².